The minimum atomic E-state index is -5.11. The number of aromatic nitrogens is 3. The summed E-state index contributed by atoms with van der Waals surface area (Å²) in [5, 5.41) is 0.0507. The zero-order valence-corrected chi connectivity index (χ0v) is 20.4. The van der Waals surface area contributed by atoms with Crippen LogP contribution in [0.1, 0.15) is 34.0 Å². The van der Waals surface area contributed by atoms with Crippen LogP contribution in [0.25, 0.3) is 22.0 Å². The average Bonchev–Trinajstić information content (AvgIpc) is 3.28. The Hall–Kier alpha value is -3.85. The molecule has 3 nitrogen and oxygen atoms in total. The number of pyridine rings is 1. The van der Waals surface area contributed by atoms with Gasteiger partial charge in [-0.05, 0) is 41.0 Å². The van der Waals surface area contributed by atoms with E-state index in [0.29, 0.717) is 21.8 Å². The molecule has 3 aromatic carbocycles. The summed E-state index contributed by atoms with van der Waals surface area (Å²) in [6.07, 6.45) is -7.06. The molecule has 0 aliphatic heterocycles. The van der Waals surface area contributed by atoms with E-state index in [1.807, 2.05) is 0 Å². The fourth-order valence-corrected chi connectivity index (χ4v) is 4.81. The number of benzene rings is 3. The Morgan fingerprint density at radius 2 is 1.47 bits per heavy atom. The van der Waals surface area contributed by atoms with Crippen molar-refractivity contribution in [2.75, 3.05) is 0 Å². The molecule has 10 heteroatoms. The standard InChI is InChI=1S/C28H18ClF6N3/c1-38-15-36-14-22(38)23(17-7-10-19(29)11-8-17)18-9-12-21-20(13-18)25(27(30,31)32)24(16-5-3-2-4-6-16)26(37-21)28(33,34)35/h2-15,23H,1H3. The van der Waals surface area contributed by atoms with Crippen LogP contribution in [0, 0.1) is 0 Å². The number of hydrogen-bond acceptors (Lipinski definition) is 2. The second-order valence-electron chi connectivity index (χ2n) is 8.76. The average molecular weight is 546 g/mol. The van der Waals surface area contributed by atoms with Gasteiger partial charge in [-0.25, -0.2) is 9.97 Å². The van der Waals surface area contributed by atoms with Crippen LogP contribution >= 0.6 is 11.6 Å². The summed E-state index contributed by atoms with van der Waals surface area (Å²) >= 11 is 6.05. The lowest BCUT2D eigenvalue weighted by Crippen LogP contribution is -2.17. The molecule has 5 rings (SSSR count). The third-order valence-electron chi connectivity index (χ3n) is 6.31. The van der Waals surface area contributed by atoms with E-state index in [-0.39, 0.29) is 5.56 Å². The molecule has 0 saturated heterocycles. The molecule has 0 aliphatic carbocycles. The molecule has 5 aromatic rings. The molecular weight excluding hydrogens is 528 g/mol. The molecule has 38 heavy (non-hydrogen) atoms. The second-order valence-corrected chi connectivity index (χ2v) is 9.20. The fraction of sp³-hybridized carbons (Fsp3) is 0.143. The molecule has 0 N–H and O–H groups in total. The highest BCUT2D eigenvalue weighted by Gasteiger charge is 2.44. The van der Waals surface area contributed by atoms with Crippen LogP contribution in [0.4, 0.5) is 26.3 Å². The van der Waals surface area contributed by atoms with Gasteiger partial charge in [-0.3, -0.25) is 0 Å². The Morgan fingerprint density at radius 1 is 0.816 bits per heavy atom. The van der Waals surface area contributed by atoms with Crippen molar-refractivity contribution in [2.45, 2.75) is 18.3 Å². The van der Waals surface area contributed by atoms with Crippen LogP contribution in [-0.2, 0) is 19.4 Å². The molecule has 194 valence electrons. The van der Waals surface area contributed by atoms with Gasteiger partial charge in [-0.1, -0.05) is 60.1 Å². The van der Waals surface area contributed by atoms with Gasteiger partial charge in [0.2, 0.25) is 0 Å². The van der Waals surface area contributed by atoms with Gasteiger partial charge in [-0.2, -0.15) is 26.3 Å². The maximum atomic E-state index is 14.6. The Labute approximate surface area is 218 Å². The summed E-state index contributed by atoms with van der Waals surface area (Å²) in [7, 11) is 1.75. The van der Waals surface area contributed by atoms with Gasteiger partial charge in [0, 0.05) is 34.9 Å². The lowest BCUT2D eigenvalue weighted by molar-refractivity contribution is -0.143. The highest BCUT2D eigenvalue weighted by atomic mass is 35.5. The Bertz CT molecular complexity index is 1610. The lowest BCUT2D eigenvalue weighted by Gasteiger charge is -2.23. The molecule has 0 bridgehead atoms. The molecule has 0 spiro atoms. The summed E-state index contributed by atoms with van der Waals surface area (Å²) < 4.78 is 87.9. The van der Waals surface area contributed by atoms with Crippen molar-refractivity contribution < 1.29 is 26.3 Å². The zero-order chi connectivity index (χ0) is 27.2. The van der Waals surface area contributed by atoms with Crippen LogP contribution in [0.3, 0.4) is 0 Å². The van der Waals surface area contributed by atoms with E-state index < -0.39 is 46.0 Å². The molecule has 2 aromatic heterocycles. The van der Waals surface area contributed by atoms with Gasteiger partial charge in [0.15, 0.2) is 5.69 Å². The van der Waals surface area contributed by atoms with Gasteiger partial charge in [0.05, 0.1) is 23.3 Å². The minimum absolute atomic E-state index is 0.229. The molecular formula is C28H18ClF6N3. The van der Waals surface area contributed by atoms with Crippen molar-refractivity contribution in [3.05, 3.63) is 118 Å². The molecule has 0 amide bonds. The van der Waals surface area contributed by atoms with E-state index in [1.54, 1.807) is 48.4 Å². The van der Waals surface area contributed by atoms with Gasteiger partial charge >= 0.3 is 12.4 Å². The van der Waals surface area contributed by atoms with E-state index in [9.17, 15) is 26.3 Å². The van der Waals surface area contributed by atoms with E-state index >= 15 is 0 Å². The van der Waals surface area contributed by atoms with Crippen molar-refractivity contribution in [1.82, 2.24) is 14.5 Å². The van der Waals surface area contributed by atoms with Crippen molar-refractivity contribution >= 4 is 22.5 Å². The first-order valence-electron chi connectivity index (χ1n) is 11.3. The number of nitrogens with zero attached hydrogens (tertiary/aromatic N) is 3. The maximum Gasteiger partial charge on any atom is 0.433 e. The predicted molar refractivity (Wildman–Crippen MR) is 133 cm³/mol. The van der Waals surface area contributed by atoms with Crippen molar-refractivity contribution in [2.24, 2.45) is 7.05 Å². The Balaban J connectivity index is 1.86. The topological polar surface area (TPSA) is 30.7 Å². The summed E-state index contributed by atoms with van der Waals surface area (Å²) in [4.78, 5) is 7.84. The lowest BCUT2D eigenvalue weighted by atomic mass is 9.86. The third-order valence-corrected chi connectivity index (χ3v) is 6.56. The van der Waals surface area contributed by atoms with Crippen LogP contribution in [-0.4, -0.2) is 14.5 Å². The zero-order valence-electron chi connectivity index (χ0n) is 19.6. The summed E-state index contributed by atoms with van der Waals surface area (Å²) in [5.41, 5.74) is -2.80. The van der Waals surface area contributed by atoms with Crippen molar-refractivity contribution in [3.63, 3.8) is 0 Å². The predicted octanol–water partition coefficient (Wildman–Crippen LogP) is 8.51. The first-order valence-corrected chi connectivity index (χ1v) is 11.7. The van der Waals surface area contributed by atoms with E-state index in [1.165, 1.54) is 48.5 Å². The number of rotatable bonds is 4. The minimum Gasteiger partial charge on any atom is -0.337 e. The summed E-state index contributed by atoms with van der Waals surface area (Å²) in [6, 6.07) is 17.5. The van der Waals surface area contributed by atoms with Crippen LogP contribution in [0.2, 0.25) is 5.02 Å². The third kappa shape index (κ3) is 4.74. The van der Waals surface area contributed by atoms with Crippen molar-refractivity contribution in [1.29, 1.82) is 0 Å². The van der Waals surface area contributed by atoms with E-state index in [4.69, 9.17) is 11.6 Å². The number of halogens is 7. The monoisotopic (exact) mass is 545 g/mol. The molecule has 1 atom stereocenters. The number of fused-ring (bicyclic) bond motifs is 1. The first-order chi connectivity index (χ1) is 17.9. The van der Waals surface area contributed by atoms with Crippen molar-refractivity contribution in [3.8, 4) is 11.1 Å². The molecule has 0 radical (unpaired) electrons. The van der Waals surface area contributed by atoms with Crippen LogP contribution in [0.15, 0.2) is 85.3 Å². The van der Waals surface area contributed by atoms with E-state index in [0.717, 1.165) is 0 Å². The molecule has 0 fully saturated rings. The normalized spacial score (nSPS) is 13.2. The van der Waals surface area contributed by atoms with Crippen LogP contribution in [0.5, 0.6) is 0 Å². The SMILES string of the molecule is Cn1cncc1C(c1ccc(Cl)cc1)c1ccc2nc(C(F)(F)F)c(-c3ccccc3)c(C(F)(F)F)c2c1. The number of aryl methyl sites for hydroxylation is 1. The van der Waals surface area contributed by atoms with Gasteiger partial charge in [0.1, 0.15) is 0 Å². The number of hydrogen-bond donors (Lipinski definition) is 0. The fourth-order valence-electron chi connectivity index (χ4n) is 4.68. The molecule has 2 heterocycles. The Kier molecular flexibility index (Phi) is 6.43. The highest BCUT2D eigenvalue weighted by molar-refractivity contribution is 6.30. The van der Waals surface area contributed by atoms with Crippen LogP contribution < -0.4 is 0 Å². The number of alkyl halides is 6. The van der Waals surface area contributed by atoms with Gasteiger partial charge in [-0.15, -0.1) is 0 Å². The quantitative estimate of drug-likeness (QED) is 0.212. The summed E-state index contributed by atoms with van der Waals surface area (Å²) in [6.45, 7) is 0. The van der Waals surface area contributed by atoms with Gasteiger partial charge < -0.3 is 4.57 Å². The molecule has 0 saturated carbocycles. The molecule has 1 unspecified atom stereocenters. The molecule has 0 aliphatic rings. The first kappa shape index (κ1) is 25.8. The second kappa shape index (κ2) is 9.47. The number of imidazole rings is 1. The largest absolute Gasteiger partial charge is 0.433 e. The maximum absolute atomic E-state index is 14.6. The summed E-state index contributed by atoms with van der Waals surface area (Å²) in [5.74, 6) is -0.576. The van der Waals surface area contributed by atoms with E-state index in [2.05, 4.69) is 9.97 Å². The highest BCUT2D eigenvalue weighted by Crippen LogP contribution is 2.47. The van der Waals surface area contributed by atoms with Gasteiger partial charge in [0.25, 0.3) is 0 Å². The Morgan fingerprint density at radius 3 is 2.05 bits per heavy atom. The smallest absolute Gasteiger partial charge is 0.337 e.